The Morgan fingerprint density at radius 1 is 0.558 bits per heavy atom. The van der Waals surface area contributed by atoms with Crippen LogP contribution in [0.3, 0.4) is 0 Å². The molecule has 0 radical (unpaired) electrons. The van der Waals surface area contributed by atoms with Gasteiger partial charge in [-0.05, 0) is 24.3 Å². The Morgan fingerprint density at radius 2 is 1.26 bits per heavy atom. The van der Waals surface area contributed by atoms with E-state index in [9.17, 15) is 0 Å². The highest BCUT2D eigenvalue weighted by molar-refractivity contribution is 7.27. The molecule has 4 aromatic heterocycles. The van der Waals surface area contributed by atoms with Gasteiger partial charge in [-0.3, -0.25) is 4.57 Å². The number of rotatable bonds is 2. The molecule has 0 aliphatic heterocycles. The van der Waals surface area contributed by atoms with Crippen LogP contribution in [0.25, 0.3) is 92.0 Å². The molecule has 43 heavy (non-hydrogen) atoms. The SMILES string of the molecule is c1ccc(-c2nc(-n3c4ccccc4c4c5c6ccccc6sc5c5c6ccccc6oc5c43)nc3ccccc23)cc1. The van der Waals surface area contributed by atoms with Gasteiger partial charge in [-0.1, -0.05) is 103 Å². The monoisotopic (exact) mass is 567 g/mol. The summed E-state index contributed by atoms with van der Waals surface area (Å²) in [6, 6.07) is 44.3. The number of para-hydroxylation sites is 3. The van der Waals surface area contributed by atoms with Gasteiger partial charge in [-0.2, -0.15) is 0 Å². The number of hydrogen-bond acceptors (Lipinski definition) is 4. The summed E-state index contributed by atoms with van der Waals surface area (Å²) in [5.41, 5.74) is 6.67. The molecular weight excluding hydrogens is 547 g/mol. The number of hydrogen-bond donors (Lipinski definition) is 0. The fraction of sp³-hybridized carbons (Fsp3) is 0. The molecule has 6 aromatic carbocycles. The second-order valence-electron chi connectivity index (χ2n) is 10.9. The molecule has 0 atom stereocenters. The van der Waals surface area contributed by atoms with E-state index in [4.69, 9.17) is 14.4 Å². The zero-order chi connectivity index (χ0) is 28.1. The van der Waals surface area contributed by atoms with Gasteiger partial charge in [0.25, 0.3) is 0 Å². The minimum absolute atomic E-state index is 0.629. The van der Waals surface area contributed by atoms with Crippen molar-refractivity contribution in [1.82, 2.24) is 14.5 Å². The van der Waals surface area contributed by atoms with Crippen molar-refractivity contribution in [3.63, 3.8) is 0 Å². The minimum Gasteiger partial charge on any atom is -0.454 e. The summed E-state index contributed by atoms with van der Waals surface area (Å²) in [5.74, 6) is 0.629. The molecule has 0 bridgehead atoms. The number of nitrogens with zero attached hydrogens (tertiary/aromatic N) is 3. The Hall–Kier alpha value is -5.52. The highest BCUT2D eigenvalue weighted by Crippen LogP contribution is 2.50. The molecule has 10 aromatic rings. The molecule has 0 amide bonds. The first-order valence-corrected chi connectivity index (χ1v) is 15.2. The second kappa shape index (κ2) is 8.51. The van der Waals surface area contributed by atoms with Crippen LogP contribution in [-0.4, -0.2) is 14.5 Å². The van der Waals surface area contributed by atoms with E-state index in [-0.39, 0.29) is 0 Å². The molecule has 0 aliphatic rings. The van der Waals surface area contributed by atoms with Crippen LogP contribution in [0.2, 0.25) is 0 Å². The molecule has 4 nitrogen and oxygen atoms in total. The lowest BCUT2D eigenvalue weighted by molar-refractivity contribution is 0.671. The first-order valence-electron chi connectivity index (χ1n) is 14.4. The number of aromatic nitrogens is 3. The van der Waals surface area contributed by atoms with Gasteiger partial charge >= 0.3 is 0 Å². The van der Waals surface area contributed by atoms with E-state index < -0.39 is 0 Å². The molecule has 5 heteroatoms. The van der Waals surface area contributed by atoms with Gasteiger partial charge in [-0.15, -0.1) is 11.3 Å². The van der Waals surface area contributed by atoms with Crippen LogP contribution in [0.5, 0.6) is 0 Å². The maximum Gasteiger partial charge on any atom is 0.235 e. The minimum atomic E-state index is 0.629. The van der Waals surface area contributed by atoms with E-state index in [0.29, 0.717) is 5.95 Å². The molecule has 10 rings (SSSR count). The average Bonchev–Trinajstić information content (AvgIpc) is 3.74. The van der Waals surface area contributed by atoms with E-state index in [1.807, 2.05) is 29.5 Å². The lowest BCUT2D eigenvalue weighted by Gasteiger charge is -2.12. The highest BCUT2D eigenvalue weighted by Gasteiger charge is 2.26. The maximum absolute atomic E-state index is 6.79. The predicted molar refractivity (Wildman–Crippen MR) is 179 cm³/mol. The normalized spacial score (nSPS) is 12.2. The zero-order valence-electron chi connectivity index (χ0n) is 22.8. The van der Waals surface area contributed by atoms with Gasteiger partial charge < -0.3 is 4.42 Å². The Bertz CT molecular complexity index is 2730. The van der Waals surface area contributed by atoms with Crippen molar-refractivity contribution in [3.05, 3.63) is 127 Å². The Balaban J connectivity index is 1.48. The average molecular weight is 568 g/mol. The van der Waals surface area contributed by atoms with Gasteiger partial charge in [0.1, 0.15) is 11.1 Å². The van der Waals surface area contributed by atoms with E-state index in [1.54, 1.807) is 0 Å². The number of thiophene rings is 1. The largest absolute Gasteiger partial charge is 0.454 e. The van der Waals surface area contributed by atoms with E-state index in [2.05, 4.69) is 114 Å². The number of furan rings is 1. The summed E-state index contributed by atoms with van der Waals surface area (Å²) in [6.07, 6.45) is 0. The third-order valence-electron chi connectivity index (χ3n) is 8.60. The summed E-state index contributed by atoms with van der Waals surface area (Å²) < 4.78 is 11.5. The molecule has 0 fully saturated rings. The summed E-state index contributed by atoms with van der Waals surface area (Å²) in [7, 11) is 0. The Morgan fingerprint density at radius 3 is 2.14 bits per heavy atom. The number of fused-ring (bicyclic) bond motifs is 13. The van der Waals surface area contributed by atoms with Gasteiger partial charge in [-0.25, -0.2) is 9.97 Å². The van der Waals surface area contributed by atoms with E-state index >= 15 is 0 Å². The maximum atomic E-state index is 6.79. The van der Waals surface area contributed by atoms with Crippen molar-refractivity contribution in [2.75, 3.05) is 0 Å². The summed E-state index contributed by atoms with van der Waals surface area (Å²) in [6.45, 7) is 0. The van der Waals surface area contributed by atoms with Crippen LogP contribution >= 0.6 is 11.3 Å². The summed E-state index contributed by atoms with van der Waals surface area (Å²) in [5, 5.41) is 8.14. The fourth-order valence-corrected chi connectivity index (χ4v) is 8.07. The predicted octanol–water partition coefficient (Wildman–Crippen LogP) is 10.7. The zero-order valence-corrected chi connectivity index (χ0v) is 23.6. The van der Waals surface area contributed by atoms with Crippen molar-refractivity contribution in [2.24, 2.45) is 0 Å². The van der Waals surface area contributed by atoms with Gasteiger partial charge in [0.15, 0.2) is 5.58 Å². The van der Waals surface area contributed by atoms with Gasteiger partial charge in [0, 0.05) is 52.7 Å². The highest BCUT2D eigenvalue weighted by atomic mass is 32.1. The molecule has 0 saturated heterocycles. The van der Waals surface area contributed by atoms with E-state index in [0.717, 1.165) is 60.5 Å². The lowest BCUT2D eigenvalue weighted by atomic mass is 10.0. The molecule has 0 saturated carbocycles. The van der Waals surface area contributed by atoms with E-state index in [1.165, 1.54) is 25.6 Å². The Kier molecular flexibility index (Phi) is 4.57. The smallest absolute Gasteiger partial charge is 0.235 e. The van der Waals surface area contributed by atoms with Gasteiger partial charge in [0.2, 0.25) is 5.95 Å². The van der Waals surface area contributed by atoms with Crippen LogP contribution in [0, 0.1) is 0 Å². The van der Waals surface area contributed by atoms with Crippen LogP contribution < -0.4 is 0 Å². The molecular formula is C38H21N3OS. The van der Waals surface area contributed by atoms with Crippen LogP contribution in [0.4, 0.5) is 0 Å². The van der Waals surface area contributed by atoms with Crippen molar-refractivity contribution < 1.29 is 4.42 Å². The molecule has 200 valence electrons. The summed E-state index contributed by atoms with van der Waals surface area (Å²) >= 11 is 1.84. The first kappa shape index (κ1) is 23.1. The topological polar surface area (TPSA) is 43.9 Å². The first-order chi connectivity index (χ1) is 21.3. The van der Waals surface area contributed by atoms with Gasteiger partial charge in [0.05, 0.1) is 16.7 Å². The third kappa shape index (κ3) is 3.09. The van der Waals surface area contributed by atoms with Crippen molar-refractivity contribution >= 4 is 86.2 Å². The lowest BCUT2D eigenvalue weighted by Crippen LogP contribution is -2.03. The molecule has 4 heterocycles. The van der Waals surface area contributed by atoms with Crippen molar-refractivity contribution in [1.29, 1.82) is 0 Å². The third-order valence-corrected chi connectivity index (χ3v) is 9.78. The van der Waals surface area contributed by atoms with Crippen molar-refractivity contribution in [2.45, 2.75) is 0 Å². The fourth-order valence-electron chi connectivity index (χ4n) is 6.80. The van der Waals surface area contributed by atoms with Crippen LogP contribution in [0.1, 0.15) is 0 Å². The van der Waals surface area contributed by atoms with Crippen LogP contribution in [-0.2, 0) is 0 Å². The second-order valence-corrected chi connectivity index (χ2v) is 12.0. The number of benzene rings is 6. The molecule has 0 spiro atoms. The van der Waals surface area contributed by atoms with Crippen LogP contribution in [0.15, 0.2) is 132 Å². The van der Waals surface area contributed by atoms with Crippen molar-refractivity contribution in [3.8, 4) is 17.2 Å². The molecule has 0 unspecified atom stereocenters. The Labute approximate surface area is 249 Å². The summed E-state index contributed by atoms with van der Waals surface area (Å²) in [4.78, 5) is 10.5. The quantitative estimate of drug-likeness (QED) is 0.209. The molecule has 0 aliphatic carbocycles. The standard InChI is InChI=1S/C38H21N3OS/c1-2-12-22(13-3-1)34-23-14-4-8-18-27(23)39-38(40-34)41-28-19-9-5-15-24(28)31-32-26-17-7-11-21-30(26)43-37(32)33-25-16-6-10-20-29(25)42-36(33)35(31)41/h1-21H. The molecule has 0 N–H and O–H groups in total.